The van der Waals surface area contributed by atoms with Crippen molar-refractivity contribution in [2.45, 2.75) is 6.10 Å². The monoisotopic (exact) mass is 267 g/mol. The quantitative estimate of drug-likeness (QED) is 0.450. The zero-order valence-corrected chi connectivity index (χ0v) is 10.7. The Morgan fingerprint density at radius 2 is 1.50 bits per heavy atom. The summed E-state index contributed by atoms with van der Waals surface area (Å²) < 4.78 is 0. The Kier molecular flexibility index (Phi) is 3.08. The lowest BCUT2D eigenvalue weighted by molar-refractivity contribution is -0.491. The van der Waals surface area contributed by atoms with E-state index in [1.54, 1.807) is 0 Å². The molecule has 0 saturated carbocycles. The molecule has 1 unspecified atom stereocenters. The normalized spacial score (nSPS) is 12.7. The molecule has 0 saturated heterocycles. The van der Waals surface area contributed by atoms with Crippen LogP contribution in [0.5, 0.6) is 0 Å². The van der Waals surface area contributed by atoms with E-state index in [1.165, 1.54) is 0 Å². The van der Waals surface area contributed by atoms with Crippen molar-refractivity contribution in [2.75, 3.05) is 6.54 Å². The maximum Gasteiger partial charge on any atom is 0.233 e. The number of nitro groups is 1. The summed E-state index contributed by atoms with van der Waals surface area (Å²) in [6.07, 6.45) is -1.11. The van der Waals surface area contributed by atoms with Gasteiger partial charge in [-0.1, -0.05) is 48.5 Å². The maximum absolute atomic E-state index is 10.7. The van der Waals surface area contributed by atoms with E-state index in [4.69, 9.17) is 0 Å². The Bertz CT molecular complexity index is 744. The van der Waals surface area contributed by atoms with Crippen molar-refractivity contribution >= 4 is 21.5 Å². The molecule has 0 fully saturated rings. The molecule has 0 aliphatic rings. The van der Waals surface area contributed by atoms with Crippen molar-refractivity contribution < 1.29 is 10.0 Å². The number of hydrogen-bond donors (Lipinski definition) is 1. The summed E-state index contributed by atoms with van der Waals surface area (Å²) in [4.78, 5) is 10.2. The van der Waals surface area contributed by atoms with Crippen LogP contribution in [0.4, 0.5) is 0 Å². The van der Waals surface area contributed by atoms with E-state index in [1.807, 2.05) is 54.6 Å². The number of hydrogen-bond acceptors (Lipinski definition) is 3. The fourth-order valence-corrected chi connectivity index (χ4v) is 2.64. The van der Waals surface area contributed by atoms with Crippen LogP contribution in [-0.4, -0.2) is 16.6 Å². The molecule has 0 radical (unpaired) electrons. The highest BCUT2D eigenvalue weighted by molar-refractivity contribution is 6.02. The summed E-state index contributed by atoms with van der Waals surface area (Å²) in [7, 11) is 0. The van der Waals surface area contributed by atoms with Crippen LogP contribution in [-0.2, 0) is 0 Å². The first-order valence-corrected chi connectivity index (χ1v) is 6.37. The van der Waals surface area contributed by atoms with Crippen LogP contribution in [0.25, 0.3) is 21.5 Å². The third-order valence-corrected chi connectivity index (χ3v) is 3.47. The fraction of sp³-hybridized carbons (Fsp3) is 0.125. The summed E-state index contributed by atoms with van der Waals surface area (Å²) >= 11 is 0. The van der Waals surface area contributed by atoms with E-state index in [9.17, 15) is 15.2 Å². The zero-order chi connectivity index (χ0) is 14.1. The molecule has 3 aromatic rings. The third kappa shape index (κ3) is 2.10. The summed E-state index contributed by atoms with van der Waals surface area (Å²) in [5.74, 6) is 0. The molecule has 1 atom stereocenters. The van der Waals surface area contributed by atoms with Gasteiger partial charge in [0.25, 0.3) is 0 Å². The molecule has 0 amide bonds. The molecule has 1 N–H and O–H groups in total. The van der Waals surface area contributed by atoms with Gasteiger partial charge in [-0.2, -0.15) is 0 Å². The lowest BCUT2D eigenvalue weighted by Gasteiger charge is -2.14. The van der Waals surface area contributed by atoms with Crippen molar-refractivity contribution in [3.8, 4) is 0 Å². The molecule has 4 nitrogen and oxygen atoms in total. The number of aliphatic hydroxyl groups is 1. The lowest BCUT2D eigenvalue weighted by Crippen LogP contribution is -2.12. The van der Waals surface area contributed by atoms with Crippen molar-refractivity contribution in [3.05, 3.63) is 70.3 Å². The molecule has 100 valence electrons. The number of benzene rings is 3. The Balaban J connectivity index is 2.35. The Hall–Kier alpha value is -2.46. The lowest BCUT2D eigenvalue weighted by atomic mass is 9.93. The Labute approximate surface area is 115 Å². The molecule has 3 aromatic carbocycles. The van der Waals surface area contributed by atoms with Gasteiger partial charge >= 0.3 is 0 Å². The van der Waals surface area contributed by atoms with Crippen molar-refractivity contribution in [1.29, 1.82) is 0 Å². The first-order valence-electron chi connectivity index (χ1n) is 6.37. The topological polar surface area (TPSA) is 63.4 Å². The van der Waals surface area contributed by atoms with E-state index in [0.29, 0.717) is 5.56 Å². The molecule has 4 heteroatoms. The molecular formula is C16H13NO3. The van der Waals surface area contributed by atoms with Crippen molar-refractivity contribution in [1.82, 2.24) is 0 Å². The van der Waals surface area contributed by atoms with E-state index >= 15 is 0 Å². The van der Waals surface area contributed by atoms with Crippen LogP contribution in [0.1, 0.15) is 11.7 Å². The Morgan fingerprint density at radius 3 is 2.00 bits per heavy atom. The molecular weight excluding hydrogens is 254 g/mol. The standard InChI is InChI=1S/C16H13NO3/c18-15(10-17(19)20)16-13-7-3-1-5-11(13)9-12-6-2-4-8-14(12)16/h1-9,15,18H,10H2. The van der Waals surface area contributed by atoms with Crippen LogP contribution in [0, 0.1) is 10.1 Å². The van der Waals surface area contributed by atoms with Gasteiger partial charge in [0.05, 0.1) is 0 Å². The van der Waals surface area contributed by atoms with Gasteiger partial charge < -0.3 is 5.11 Å². The average Bonchev–Trinajstić information content (AvgIpc) is 2.43. The molecule has 20 heavy (non-hydrogen) atoms. The minimum absolute atomic E-state index is 0.485. The maximum atomic E-state index is 10.7. The summed E-state index contributed by atoms with van der Waals surface area (Å²) in [6, 6.07) is 17.3. The molecule has 0 aromatic heterocycles. The van der Waals surface area contributed by atoms with Gasteiger partial charge in [0, 0.05) is 10.5 Å². The van der Waals surface area contributed by atoms with E-state index in [2.05, 4.69) is 0 Å². The third-order valence-electron chi connectivity index (χ3n) is 3.47. The highest BCUT2D eigenvalue weighted by Gasteiger charge is 2.19. The van der Waals surface area contributed by atoms with Gasteiger partial charge in [-0.3, -0.25) is 10.1 Å². The summed E-state index contributed by atoms with van der Waals surface area (Å²) in [5.41, 5.74) is 0.635. The van der Waals surface area contributed by atoms with Crippen LogP contribution in [0.15, 0.2) is 54.6 Å². The largest absolute Gasteiger partial charge is 0.381 e. The highest BCUT2D eigenvalue weighted by Crippen LogP contribution is 2.32. The number of rotatable bonds is 3. The number of nitrogens with zero attached hydrogens (tertiary/aromatic N) is 1. The molecule has 0 aliphatic carbocycles. The highest BCUT2D eigenvalue weighted by atomic mass is 16.6. The van der Waals surface area contributed by atoms with Gasteiger partial charge in [-0.05, 0) is 27.6 Å². The van der Waals surface area contributed by atoms with E-state index < -0.39 is 17.6 Å². The minimum Gasteiger partial charge on any atom is -0.381 e. The van der Waals surface area contributed by atoms with Crippen LogP contribution in [0.3, 0.4) is 0 Å². The molecule has 0 heterocycles. The first-order chi connectivity index (χ1) is 9.66. The molecule has 0 bridgehead atoms. The van der Waals surface area contributed by atoms with Gasteiger partial charge in [0.2, 0.25) is 6.54 Å². The van der Waals surface area contributed by atoms with E-state index in [0.717, 1.165) is 21.5 Å². The van der Waals surface area contributed by atoms with Crippen molar-refractivity contribution in [3.63, 3.8) is 0 Å². The summed E-state index contributed by atoms with van der Waals surface area (Å²) in [6.45, 7) is -0.488. The van der Waals surface area contributed by atoms with Gasteiger partial charge in [0.15, 0.2) is 0 Å². The fourth-order valence-electron chi connectivity index (χ4n) is 2.64. The van der Waals surface area contributed by atoms with Gasteiger partial charge in [0.1, 0.15) is 6.10 Å². The van der Waals surface area contributed by atoms with Gasteiger partial charge in [-0.25, -0.2) is 0 Å². The number of aliphatic hydroxyl groups excluding tert-OH is 1. The summed E-state index contributed by atoms with van der Waals surface area (Å²) in [5, 5.41) is 24.6. The van der Waals surface area contributed by atoms with E-state index in [-0.39, 0.29) is 0 Å². The Morgan fingerprint density at radius 1 is 1.00 bits per heavy atom. The van der Waals surface area contributed by atoms with Crippen LogP contribution < -0.4 is 0 Å². The molecule has 3 rings (SSSR count). The zero-order valence-electron chi connectivity index (χ0n) is 10.7. The number of fused-ring (bicyclic) bond motifs is 2. The first kappa shape index (κ1) is 12.6. The van der Waals surface area contributed by atoms with Gasteiger partial charge in [-0.15, -0.1) is 0 Å². The second-order valence-electron chi connectivity index (χ2n) is 4.76. The average molecular weight is 267 g/mol. The molecule has 0 aliphatic heterocycles. The van der Waals surface area contributed by atoms with Crippen LogP contribution >= 0.6 is 0 Å². The molecule has 0 spiro atoms. The van der Waals surface area contributed by atoms with Crippen LogP contribution in [0.2, 0.25) is 0 Å². The minimum atomic E-state index is -1.11. The second kappa shape index (κ2) is 4.90. The predicted octanol–water partition coefficient (Wildman–Crippen LogP) is 3.30. The second-order valence-corrected chi connectivity index (χ2v) is 4.76. The van der Waals surface area contributed by atoms with Crippen molar-refractivity contribution in [2.24, 2.45) is 0 Å². The predicted molar refractivity (Wildman–Crippen MR) is 78.3 cm³/mol. The smallest absolute Gasteiger partial charge is 0.233 e. The SMILES string of the molecule is O=[N+]([O-])CC(O)c1c2ccccc2cc2ccccc12.